The topological polar surface area (TPSA) is 67.6 Å². The van der Waals surface area contributed by atoms with Gasteiger partial charge in [-0.25, -0.2) is 13.9 Å². The fourth-order valence-corrected chi connectivity index (χ4v) is 6.18. The first-order valence-corrected chi connectivity index (χ1v) is 12.6. The maximum absolute atomic E-state index is 14.2. The van der Waals surface area contributed by atoms with E-state index in [9.17, 15) is 9.18 Å². The number of fused-ring (bicyclic) bond motifs is 2. The van der Waals surface area contributed by atoms with E-state index in [1.807, 2.05) is 29.1 Å². The zero-order chi connectivity index (χ0) is 24.3. The molecule has 0 amide bonds. The number of benzene rings is 2. The third-order valence-electron chi connectivity index (χ3n) is 7.49. The van der Waals surface area contributed by atoms with Gasteiger partial charge in [-0.1, -0.05) is 29.3 Å². The molecule has 3 atom stereocenters. The number of piperidine rings is 1. The first-order chi connectivity index (χ1) is 16.9. The van der Waals surface area contributed by atoms with E-state index in [4.69, 9.17) is 33.0 Å². The van der Waals surface area contributed by atoms with E-state index >= 15 is 0 Å². The maximum Gasteiger partial charge on any atom is 0.338 e. The highest BCUT2D eigenvalue weighted by Crippen LogP contribution is 2.45. The van der Waals surface area contributed by atoms with Gasteiger partial charge < -0.3 is 14.7 Å². The molecule has 35 heavy (non-hydrogen) atoms. The normalized spacial score (nSPS) is 23.3. The third-order valence-corrected chi connectivity index (χ3v) is 8.10. The van der Waals surface area contributed by atoms with E-state index in [1.54, 1.807) is 6.07 Å². The van der Waals surface area contributed by atoms with Crippen molar-refractivity contribution in [2.45, 2.75) is 50.4 Å². The van der Waals surface area contributed by atoms with Gasteiger partial charge in [-0.3, -0.25) is 0 Å². The van der Waals surface area contributed by atoms with E-state index < -0.39 is 11.8 Å². The van der Waals surface area contributed by atoms with Crippen LogP contribution in [0.2, 0.25) is 10.0 Å². The second-order valence-electron chi connectivity index (χ2n) is 9.66. The molecule has 9 heteroatoms. The summed E-state index contributed by atoms with van der Waals surface area (Å²) >= 11 is 13.0. The zero-order valence-electron chi connectivity index (χ0n) is 18.8. The van der Waals surface area contributed by atoms with Crippen LogP contribution in [0.1, 0.15) is 53.2 Å². The predicted molar refractivity (Wildman–Crippen MR) is 131 cm³/mol. The molecule has 1 N–H and O–H groups in total. The van der Waals surface area contributed by atoms with E-state index in [0.717, 1.165) is 43.6 Å². The number of nitrogens with zero attached hydrogens (tertiary/aromatic N) is 3. The van der Waals surface area contributed by atoms with Gasteiger partial charge in [-0.2, -0.15) is 5.10 Å². The highest BCUT2D eigenvalue weighted by molar-refractivity contribution is 6.37. The summed E-state index contributed by atoms with van der Waals surface area (Å²) in [6.45, 7) is 1.18. The van der Waals surface area contributed by atoms with Crippen molar-refractivity contribution in [3.05, 3.63) is 75.3 Å². The van der Waals surface area contributed by atoms with Gasteiger partial charge in [-0.05, 0) is 67.5 Å². The first-order valence-electron chi connectivity index (χ1n) is 11.8. The molecular weight excluding hydrogens is 492 g/mol. The highest BCUT2D eigenvalue weighted by atomic mass is 35.5. The molecule has 3 fully saturated rings. The average molecular weight is 516 g/mol. The number of para-hydroxylation sites is 1. The van der Waals surface area contributed by atoms with E-state index in [0.29, 0.717) is 34.2 Å². The van der Waals surface area contributed by atoms with E-state index in [2.05, 4.69) is 10.00 Å². The lowest BCUT2D eigenvalue weighted by Crippen LogP contribution is -2.38. The Bertz CT molecular complexity index is 1290. The number of carbonyl (C=O) groups is 1. The Hall–Kier alpha value is -2.61. The average Bonchev–Trinajstić information content (AvgIpc) is 3.28. The second-order valence-corrected chi connectivity index (χ2v) is 10.5. The number of carboxylic acids is 1. The Labute approximate surface area is 212 Å². The lowest BCUT2D eigenvalue weighted by Gasteiger charge is -2.33. The Balaban J connectivity index is 1.18. The van der Waals surface area contributed by atoms with Crippen LogP contribution in [0.3, 0.4) is 0 Å². The molecule has 1 unspecified atom stereocenters. The van der Waals surface area contributed by atoms with Crippen LogP contribution in [0.4, 0.5) is 10.1 Å². The molecule has 2 bridgehead atoms. The third kappa shape index (κ3) is 4.09. The van der Waals surface area contributed by atoms with Gasteiger partial charge in [0, 0.05) is 24.2 Å². The summed E-state index contributed by atoms with van der Waals surface area (Å²) in [4.78, 5) is 13.3. The Morgan fingerprint density at radius 1 is 1.17 bits per heavy atom. The highest BCUT2D eigenvalue weighted by Gasteiger charge is 2.45. The molecule has 3 aliphatic rings. The molecule has 1 aliphatic heterocycles. The van der Waals surface area contributed by atoms with Crippen LogP contribution in [-0.4, -0.2) is 39.5 Å². The number of ether oxygens (including phenoxy) is 1. The number of rotatable bonds is 7. The van der Waals surface area contributed by atoms with Crippen LogP contribution in [-0.2, 0) is 11.3 Å². The van der Waals surface area contributed by atoms with Crippen molar-refractivity contribution in [3.63, 3.8) is 0 Å². The molecule has 2 heterocycles. The van der Waals surface area contributed by atoms with Crippen LogP contribution in [0.5, 0.6) is 0 Å². The minimum atomic E-state index is -1.26. The van der Waals surface area contributed by atoms with Crippen LogP contribution in [0, 0.1) is 11.7 Å². The number of hydrogen-bond acceptors (Lipinski definition) is 4. The quantitative estimate of drug-likeness (QED) is 0.413. The molecule has 1 saturated heterocycles. The molecule has 6 nitrogen and oxygen atoms in total. The number of aromatic nitrogens is 2. The number of anilines is 1. The number of halogens is 3. The first kappa shape index (κ1) is 22.8. The van der Waals surface area contributed by atoms with Crippen molar-refractivity contribution in [1.82, 2.24) is 9.78 Å². The molecular formula is C26H24Cl2FN3O3. The molecule has 6 rings (SSSR count). The Morgan fingerprint density at radius 2 is 1.94 bits per heavy atom. The summed E-state index contributed by atoms with van der Waals surface area (Å²) in [5.41, 5.74) is 3.28. The molecule has 2 saturated carbocycles. The lowest BCUT2D eigenvalue weighted by molar-refractivity contribution is 0.00993. The molecule has 1 aromatic heterocycles. The molecule has 0 radical (unpaired) electrons. The standard InChI is InChI=1S/C26H24Cl2FN3O3/c27-20-2-1-3-21(28)25(20)32-23(19(11-30-32)14-4-5-14)13-35-24-10-17-8-15(24)12-31(17)16-6-7-18(26(33)34)22(29)9-16/h1-3,6-7,9,11,14-15,17,24H,4-5,8,10,12-13H2,(H,33,34)/t15-,17-,24?/m0/s1. The second kappa shape index (κ2) is 8.80. The van der Waals surface area contributed by atoms with Crippen molar-refractivity contribution in [2.75, 3.05) is 11.4 Å². The van der Waals surface area contributed by atoms with Crippen molar-refractivity contribution in [2.24, 2.45) is 5.92 Å². The van der Waals surface area contributed by atoms with Gasteiger partial charge in [0.25, 0.3) is 0 Å². The molecule has 0 spiro atoms. The minimum Gasteiger partial charge on any atom is -0.478 e. The van der Waals surface area contributed by atoms with Gasteiger partial charge in [0.1, 0.15) is 11.5 Å². The summed E-state index contributed by atoms with van der Waals surface area (Å²) in [7, 11) is 0. The molecule has 3 aromatic rings. The van der Waals surface area contributed by atoms with Gasteiger partial charge in [0.2, 0.25) is 0 Å². The summed E-state index contributed by atoms with van der Waals surface area (Å²) in [6.07, 6.45) is 6.11. The minimum absolute atomic E-state index is 0.0940. The van der Waals surface area contributed by atoms with E-state index in [-0.39, 0.29) is 17.7 Å². The van der Waals surface area contributed by atoms with Crippen molar-refractivity contribution < 1.29 is 19.0 Å². The molecule has 2 aromatic carbocycles. The summed E-state index contributed by atoms with van der Waals surface area (Å²) in [6, 6.07) is 10.0. The van der Waals surface area contributed by atoms with Gasteiger partial charge in [0.15, 0.2) is 0 Å². The van der Waals surface area contributed by atoms with Crippen LogP contribution in [0.15, 0.2) is 42.6 Å². The smallest absolute Gasteiger partial charge is 0.338 e. The monoisotopic (exact) mass is 515 g/mol. The molecule has 182 valence electrons. The number of aromatic carboxylic acids is 1. The predicted octanol–water partition coefficient (Wildman–Crippen LogP) is 6.08. The maximum atomic E-state index is 14.2. The Morgan fingerprint density at radius 3 is 2.57 bits per heavy atom. The summed E-state index contributed by atoms with van der Waals surface area (Å²) in [5.74, 6) is -1.13. The Kier molecular flexibility index (Phi) is 5.74. The lowest BCUT2D eigenvalue weighted by atomic mass is 10.0. The number of hydrogen-bond donors (Lipinski definition) is 1. The number of carboxylic acid groups (broad SMARTS) is 1. The molecule has 2 aliphatic carbocycles. The van der Waals surface area contributed by atoms with Crippen LogP contribution >= 0.6 is 23.2 Å². The van der Waals surface area contributed by atoms with Crippen LogP contribution < -0.4 is 4.90 Å². The van der Waals surface area contributed by atoms with Gasteiger partial charge in [0.05, 0.1) is 40.2 Å². The van der Waals surface area contributed by atoms with Crippen molar-refractivity contribution >= 4 is 34.9 Å². The van der Waals surface area contributed by atoms with E-state index in [1.165, 1.54) is 17.7 Å². The SMILES string of the molecule is O=C(O)c1ccc(N2C[C@@H]3C[C@H]2CC3OCc2c(C3CC3)cnn2-c2c(Cl)cccc2Cl)cc1F. The van der Waals surface area contributed by atoms with Gasteiger partial charge >= 0.3 is 5.97 Å². The zero-order valence-corrected chi connectivity index (χ0v) is 20.3. The fraction of sp³-hybridized carbons (Fsp3) is 0.385. The van der Waals surface area contributed by atoms with Crippen molar-refractivity contribution in [1.29, 1.82) is 0 Å². The largest absolute Gasteiger partial charge is 0.478 e. The summed E-state index contributed by atoms with van der Waals surface area (Å²) < 4.78 is 22.5. The van der Waals surface area contributed by atoms with Crippen molar-refractivity contribution in [3.8, 4) is 5.69 Å². The summed E-state index contributed by atoms with van der Waals surface area (Å²) in [5, 5.41) is 14.8. The van der Waals surface area contributed by atoms with Gasteiger partial charge in [-0.15, -0.1) is 0 Å². The van der Waals surface area contributed by atoms with Crippen LogP contribution in [0.25, 0.3) is 5.69 Å². The fourth-order valence-electron chi connectivity index (χ4n) is 5.62.